The van der Waals surface area contributed by atoms with Crippen LogP contribution in [-0.2, 0) is 16.1 Å². The molecule has 1 aromatic heterocycles. The number of anilines is 1. The summed E-state index contributed by atoms with van der Waals surface area (Å²) in [5.41, 5.74) is 2.54. The number of aromatic nitrogens is 3. The van der Waals surface area contributed by atoms with E-state index < -0.39 is 5.97 Å². The van der Waals surface area contributed by atoms with Crippen LogP contribution >= 0.6 is 0 Å². The van der Waals surface area contributed by atoms with Gasteiger partial charge in [0.05, 0.1) is 11.1 Å². The first-order valence-corrected chi connectivity index (χ1v) is 7.92. The molecule has 0 spiro atoms. The predicted molar refractivity (Wildman–Crippen MR) is 93.3 cm³/mol. The van der Waals surface area contributed by atoms with Crippen LogP contribution in [0, 0.1) is 0 Å². The Morgan fingerprint density at radius 3 is 2.64 bits per heavy atom. The summed E-state index contributed by atoms with van der Waals surface area (Å²) in [5.74, 6) is -0.875. The van der Waals surface area contributed by atoms with Gasteiger partial charge in [0, 0.05) is 19.3 Å². The number of carbonyl (C=O) groups is 2. The van der Waals surface area contributed by atoms with E-state index in [-0.39, 0.29) is 12.5 Å². The van der Waals surface area contributed by atoms with E-state index in [1.165, 1.54) is 4.90 Å². The van der Waals surface area contributed by atoms with Gasteiger partial charge in [0.1, 0.15) is 5.52 Å². The Morgan fingerprint density at radius 2 is 1.92 bits per heavy atom. The minimum atomic E-state index is -0.567. The Kier molecular flexibility index (Phi) is 4.74. The van der Waals surface area contributed by atoms with Crippen molar-refractivity contribution < 1.29 is 14.3 Å². The van der Waals surface area contributed by atoms with E-state index >= 15 is 0 Å². The molecule has 128 valence electrons. The van der Waals surface area contributed by atoms with Gasteiger partial charge in [-0.3, -0.25) is 4.79 Å². The molecule has 0 atom stereocenters. The normalized spacial score (nSPS) is 10.6. The van der Waals surface area contributed by atoms with Crippen molar-refractivity contribution in [3.05, 3.63) is 54.1 Å². The minimum Gasteiger partial charge on any atom is -0.452 e. The first-order chi connectivity index (χ1) is 12.1. The molecule has 0 aliphatic rings. The number of carbonyl (C=O) groups excluding carboxylic acids is 2. The zero-order chi connectivity index (χ0) is 17.8. The lowest BCUT2D eigenvalue weighted by molar-refractivity contribution is -0.121. The zero-order valence-corrected chi connectivity index (χ0v) is 14.0. The molecule has 1 amide bonds. The summed E-state index contributed by atoms with van der Waals surface area (Å²) < 4.78 is 6.87. The Morgan fingerprint density at radius 1 is 1.16 bits per heavy atom. The van der Waals surface area contributed by atoms with Crippen LogP contribution in [0.3, 0.4) is 0 Å². The van der Waals surface area contributed by atoms with Crippen LogP contribution in [0.4, 0.5) is 5.69 Å². The monoisotopic (exact) mass is 338 g/mol. The maximum absolute atomic E-state index is 12.2. The summed E-state index contributed by atoms with van der Waals surface area (Å²) in [6, 6.07) is 14.2. The predicted octanol–water partition coefficient (Wildman–Crippen LogP) is 2.27. The summed E-state index contributed by atoms with van der Waals surface area (Å²) in [6.45, 7) is 2.33. The number of aryl methyl sites for hydroxylation is 1. The van der Waals surface area contributed by atoms with Crippen LogP contribution in [-0.4, -0.2) is 40.5 Å². The molecule has 0 aliphatic heterocycles. The molecule has 0 bridgehead atoms. The molecule has 25 heavy (non-hydrogen) atoms. The lowest BCUT2D eigenvalue weighted by atomic mass is 10.2. The number of para-hydroxylation sites is 1. The Labute approximate surface area is 144 Å². The van der Waals surface area contributed by atoms with Crippen LogP contribution in [0.2, 0.25) is 0 Å². The second-order valence-electron chi connectivity index (χ2n) is 5.47. The molecule has 0 aliphatic carbocycles. The quantitative estimate of drug-likeness (QED) is 0.667. The van der Waals surface area contributed by atoms with E-state index in [2.05, 4.69) is 10.3 Å². The standard InChI is InChI=1S/C18H18N4O3/c1-3-22-16-10-9-13(11-15(16)19-20-22)18(24)25-12-17(23)21(2)14-7-5-4-6-8-14/h4-11H,3,12H2,1-2H3. The average Bonchev–Trinajstić information content (AvgIpc) is 3.08. The Balaban J connectivity index is 1.65. The number of ether oxygens (including phenoxy) is 1. The molecule has 2 aromatic carbocycles. The van der Waals surface area contributed by atoms with Crippen LogP contribution < -0.4 is 4.90 Å². The summed E-state index contributed by atoms with van der Waals surface area (Å²) in [6.07, 6.45) is 0. The highest BCUT2D eigenvalue weighted by molar-refractivity contribution is 5.97. The molecule has 7 heteroatoms. The van der Waals surface area contributed by atoms with E-state index in [0.717, 1.165) is 11.2 Å². The van der Waals surface area contributed by atoms with Crippen LogP contribution in [0.5, 0.6) is 0 Å². The number of amides is 1. The largest absolute Gasteiger partial charge is 0.452 e. The summed E-state index contributed by atoms with van der Waals surface area (Å²) >= 11 is 0. The smallest absolute Gasteiger partial charge is 0.338 e. The van der Waals surface area contributed by atoms with Gasteiger partial charge < -0.3 is 9.64 Å². The maximum atomic E-state index is 12.2. The van der Waals surface area contributed by atoms with E-state index in [1.807, 2.05) is 37.3 Å². The van der Waals surface area contributed by atoms with Crippen LogP contribution in [0.25, 0.3) is 11.0 Å². The number of hydrogen-bond acceptors (Lipinski definition) is 5. The van der Waals surface area contributed by atoms with Gasteiger partial charge in [0.15, 0.2) is 6.61 Å². The van der Waals surface area contributed by atoms with E-state index in [0.29, 0.717) is 17.6 Å². The zero-order valence-electron chi connectivity index (χ0n) is 14.0. The van der Waals surface area contributed by atoms with Gasteiger partial charge in [-0.15, -0.1) is 5.10 Å². The number of fused-ring (bicyclic) bond motifs is 1. The van der Waals surface area contributed by atoms with Crippen LogP contribution in [0.15, 0.2) is 48.5 Å². The van der Waals surface area contributed by atoms with Crippen molar-refractivity contribution in [1.82, 2.24) is 15.0 Å². The van der Waals surface area contributed by atoms with Gasteiger partial charge in [-0.25, -0.2) is 9.48 Å². The molecule has 0 saturated heterocycles. The Bertz CT molecular complexity index is 905. The lowest BCUT2D eigenvalue weighted by Crippen LogP contribution is -2.31. The second-order valence-corrected chi connectivity index (χ2v) is 5.47. The van der Waals surface area contributed by atoms with Gasteiger partial charge in [-0.2, -0.15) is 0 Å². The Hall–Kier alpha value is -3.22. The molecule has 3 rings (SSSR count). The van der Waals surface area contributed by atoms with Crippen molar-refractivity contribution in [1.29, 1.82) is 0 Å². The van der Waals surface area contributed by atoms with Crippen molar-refractivity contribution >= 4 is 28.6 Å². The van der Waals surface area contributed by atoms with Gasteiger partial charge in [0.25, 0.3) is 5.91 Å². The second kappa shape index (κ2) is 7.12. The minimum absolute atomic E-state index is 0.308. The number of hydrogen-bond donors (Lipinski definition) is 0. The fourth-order valence-corrected chi connectivity index (χ4v) is 2.44. The molecule has 0 fully saturated rings. The fourth-order valence-electron chi connectivity index (χ4n) is 2.44. The maximum Gasteiger partial charge on any atom is 0.338 e. The first kappa shape index (κ1) is 16.6. The summed E-state index contributed by atoms with van der Waals surface area (Å²) in [7, 11) is 1.64. The SMILES string of the molecule is CCn1nnc2cc(C(=O)OCC(=O)N(C)c3ccccc3)ccc21. The van der Waals surface area contributed by atoms with Crippen molar-refractivity contribution in [2.45, 2.75) is 13.5 Å². The summed E-state index contributed by atoms with van der Waals surface area (Å²) in [4.78, 5) is 25.8. The van der Waals surface area contributed by atoms with Gasteiger partial charge >= 0.3 is 5.97 Å². The molecule has 3 aromatic rings. The lowest BCUT2D eigenvalue weighted by Gasteiger charge is -2.17. The third-order valence-corrected chi connectivity index (χ3v) is 3.89. The fraction of sp³-hybridized carbons (Fsp3) is 0.222. The third-order valence-electron chi connectivity index (χ3n) is 3.89. The van der Waals surface area contributed by atoms with E-state index in [1.54, 1.807) is 29.9 Å². The van der Waals surface area contributed by atoms with Gasteiger partial charge in [-0.05, 0) is 37.3 Å². The molecule has 1 heterocycles. The van der Waals surface area contributed by atoms with E-state index in [4.69, 9.17) is 4.74 Å². The first-order valence-electron chi connectivity index (χ1n) is 7.92. The summed E-state index contributed by atoms with van der Waals surface area (Å²) in [5, 5.41) is 8.02. The molecule has 0 radical (unpaired) electrons. The highest BCUT2D eigenvalue weighted by atomic mass is 16.5. The number of nitrogens with zero attached hydrogens (tertiary/aromatic N) is 4. The molecule has 0 saturated carbocycles. The van der Waals surface area contributed by atoms with Gasteiger partial charge in [-0.1, -0.05) is 23.4 Å². The molecule has 0 unspecified atom stereocenters. The van der Waals surface area contributed by atoms with Gasteiger partial charge in [0.2, 0.25) is 0 Å². The van der Waals surface area contributed by atoms with E-state index in [9.17, 15) is 9.59 Å². The number of rotatable bonds is 5. The molecular weight excluding hydrogens is 320 g/mol. The molecule has 0 N–H and O–H groups in total. The molecule has 7 nitrogen and oxygen atoms in total. The topological polar surface area (TPSA) is 77.3 Å². The average molecular weight is 338 g/mol. The highest BCUT2D eigenvalue weighted by Crippen LogP contribution is 2.15. The number of esters is 1. The van der Waals surface area contributed by atoms with Crippen LogP contribution in [0.1, 0.15) is 17.3 Å². The third kappa shape index (κ3) is 3.50. The molecular formula is C18H18N4O3. The van der Waals surface area contributed by atoms with Crippen molar-refractivity contribution in [3.63, 3.8) is 0 Å². The van der Waals surface area contributed by atoms with Crippen molar-refractivity contribution in [2.24, 2.45) is 0 Å². The van der Waals surface area contributed by atoms with Crippen molar-refractivity contribution in [3.8, 4) is 0 Å². The number of likely N-dealkylation sites (N-methyl/N-ethyl adjacent to an activating group) is 1. The number of benzene rings is 2. The highest BCUT2D eigenvalue weighted by Gasteiger charge is 2.15. The van der Waals surface area contributed by atoms with Crippen molar-refractivity contribution in [2.75, 3.05) is 18.6 Å².